The predicted octanol–water partition coefficient (Wildman–Crippen LogP) is 7.83. The molecule has 176 valence electrons. The molecule has 2 aliphatic rings. The summed E-state index contributed by atoms with van der Waals surface area (Å²) in [5.74, 6) is 3.02. The molecule has 1 aliphatic carbocycles. The van der Waals surface area contributed by atoms with Crippen molar-refractivity contribution in [2.45, 2.75) is 31.9 Å². The molecule has 0 bridgehead atoms. The predicted molar refractivity (Wildman–Crippen MR) is 141 cm³/mol. The zero-order chi connectivity index (χ0) is 23.8. The summed E-state index contributed by atoms with van der Waals surface area (Å²) in [7, 11) is 3.40. The van der Waals surface area contributed by atoms with Crippen LogP contribution in [-0.4, -0.2) is 14.2 Å². The number of fused-ring (bicyclic) bond motifs is 3. The molecule has 1 heterocycles. The first-order valence-corrected chi connectivity index (χ1v) is 12.5. The van der Waals surface area contributed by atoms with Gasteiger partial charge in [0.2, 0.25) is 0 Å². The molecule has 4 nitrogen and oxygen atoms in total. The third kappa shape index (κ3) is 4.16. The largest absolute Gasteiger partial charge is 0.495 e. The van der Waals surface area contributed by atoms with Gasteiger partial charge in [0.15, 0.2) is 11.5 Å². The number of ether oxygens (including phenoxy) is 3. The summed E-state index contributed by atoms with van der Waals surface area (Å²) in [6.07, 6.45) is 5.67. The topological polar surface area (TPSA) is 39.7 Å². The lowest BCUT2D eigenvalue weighted by atomic mass is 9.75. The molecule has 1 aliphatic heterocycles. The Morgan fingerprint density at radius 1 is 1.03 bits per heavy atom. The number of aryl methyl sites for hydroxylation is 1. The summed E-state index contributed by atoms with van der Waals surface area (Å²) in [6.45, 7) is 2.60. The van der Waals surface area contributed by atoms with E-state index in [9.17, 15) is 0 Å². The van der Waals surface area contributed by atoms with Crippen molar-refractivity contribution in [1.82, 2.24) is 0 Å². The Morgan fingerprint density at radius 2 is 1.79 bits per heavy atom. The highest BCUT2D eigenvalue weighted by Crippen LogP contribution is 2.54. The summed E-state index contributed by atoms with van der Waals surface area (Å²) in [5, 5.41) is 4.52. The molecular weight excluding hydrogens is 514 g/mol. The molecule has 3 aromatic rings. The lowest BCUT2D eigenvalue weighted by Crippen LogP contribution is -2.30. The average Bonchev–Trinajstić information content (AvgIpc) is 3.33. The van der Waals surface area contributed by atoms with Crippen LogP contribution in [0.3, 0.4) is 0 Å². The van der Waals surface area contributed by atoms with Crippen LogP contribution in [0.25, 0.3) is 0 Å². The van der Waals surface area contributed by atoms with E-state index in [1.165, 1.54) is 11.1 Å². The summed E-state index contributed by atoms with van der Waals surface area (Å²) in [4.78, 5) is 0. The molecule has 1 N–H and O–H groups in total. The lowest BCUT2D eigenvalue weighted by Gasteiger charge is -2.39. The van der Waals surface area contributed by atoms with Crippen LogP contribution in [0.15, 0.2) is 65.2 Å². The normalized spacial score (nSPS) is 20.3. The smallest absolute Gasteiger partial charge is 0.175 e. The van der Waals surface area contributed by atoms with Gasteiger partial charge in [-0.15, -0.1) is 0 Å². The second-order valence-electron chi connectivity index (χ2n) is 8.80. The second kappa shape index (κ2) is 9.55. The molecule has 0 saturated heterocycles. The number of benzene rings is 3. The Labute approximate surface area is 214 Å². The van der Waals surface area contributed by atoms with Crippen LogP contribution in [0.1, 0.15) is 40.6 Å². The van der Waals surface area contributed by atoms with E-state index in [2.05, 4.69) is 58.5 Å². The van der Waals surface area contributed by atoms with Crippen molar-refractivity contribution < 1.29 is 14.2 Å². The van der Waals surface area contributed by atoms with Gasteiger partial charge in [-0.2, -0.15) is 0 Å². The fourth-order valence-corrected chi connectivity index (χ4v) is 5.87. The minimum Gasteiger partial charge on any atom is -0.495 e. The van der Waals surface area contributed by atoms with Crippen LogP contribution in [0.5, 0.6) is 17.2 Å². The van der Waals surface area contributed by atoms with Gasteiger partial charge in [0.1, 0.15) is 12.4 Å². The maximum absolute atomic E-state index is 6.15. The van der Waals surface area contributed by atoms with Gasteiger partial charge < -0.3 is 19.5 Å². The zero-order valence-electron chi connectivity index (χ0n) is 19.4. The fraction of sp³-hybridized carbons (Fsp3) is 0.286. The highest BCUT2D eigenvalue weighted by molar-refractivity contribution is 9.10. The number of hydrogen-bond donors (Lipinski definition) is 1. The van der Waals surface area contributed by atoms with Crippen molar-refractivity contribution in [2.24, 2.45) is 5.92 Å². The molecule has 0 aromatic heterocycles. The Balaban J connectivity index is 1.48. The molecule has 3 atom stereocenters. The number of allylic oxidation sites excluding steroid dienone is 2. The van der Waals surface area contributed by atoms with Crippen LogP contribution in [0, 0.1) is 12.8 Å². The van der Waals surface area contributed by atoms with E-state index in [0.717, 1.165) is 33.5 Å². The average molecular weight is 541 g/mol. The summed E-state index contributed by atoms with van der Waals surface area (Å²) < 4.78 is 18.5. The Morgan fingerprint density at radius 3 is 2.53 bits per heavy atom. The lowest BCUT2D eigenvalue weighted by molar-refractivity contribution is 0.282. The third-order valence-electron chi connectivity index (χ3n) is 6.83. The molecule has 5 rings (SSSR count). The maximum atomic E-state index is 6.15. The van der Waals surface area contributed by atoms with Crippen LogP contribution in [0.2, 0.25) is 5.02 Å². The summed E-state index contributed by atoms with van der Waals surface area (Å²) >= 11 is 9.74. The van der Waals surface area contributed by atoms with Gasteiger partial charge in [-0.05, 0) is 87.8 Å². The standard InChI is InChI=1S/C28H27BrClNO3/c1-16-7-12-23(32-2)27-25(16)20-5-4-6-21(20)26(31-27)18-13-22(29)28(24(14-18)33-3)34-15-17-8-10-19(30)11-9-17/h4-5,7-14,20-21,26,31H,6,15H2,1-3H3/t20-,21+,26+/m1/s1. The Hall–Kier alpha value is -2.63. The quantitative estimate of drug-likeness (QED) is 0.323. The van der Waals surface area contributed by atoms with Gasteiger partial charge in [-0.25, -0.2) is 0 Å². The van der Waals surface area contributed by atoms with Gasteiger partial charge in [-0.3, -0.25) is 0 Å². The molecule has 6 heteroatoms. The molecule has 0 unspecified atom stereocenters. The molecule has 3 aromatic carbocycles. The number of methoxy groups -OCH3 is 2. The van der Waals surface area contributed by atoms with Crippen molar-refractivity contribution in [1.29, 1.82) is 0 Å². The highest BCUT2D eigenvalue weighted by Gasteiger charge is 2.40. The van der Waals surface area contributed by atoms with Crippen LogP contribution in [0.4, 0.5) is 5.69 Å². The molecule has 34 heavy (non-hydrogen) atoms. The van der Waals surface area contributed by atoms with Crippen molar-refractivity contribution in [3.05, 3.63) is 92.4 Å². The maximum Gasteiger partial charge on any atom is 0.175 e. The van der Waals surface area contributed by atoms with E-state index in [-0.39, 0.29) is 6.04 Å². The Bertz CT molecular complexity index is 1240. The van der Waals surface area contributed by atoms with E-state index in [4.69, 9.17) is 25.8 Å². The molecule has 0 radical (unpaired) electrons. The Kier molecular flexibility index (Phi) is 6.50. The van der Waals surface area contributed by atoms with Gasteiger partial charge in [0.25, 0.3) is 0 Å². The summed E-state index contributed by atoms with van der Waals surface area (Å²) in [5.41, 5.74) is 5.89. The fourth-order valence-electron chi connectivity index (χ4n) is 5.17. The number of nitrogens with one attached hydrogen (secondary N) is 1. The molecule has 0 saturated carbocycles. The van der Waals surface area contributed by atoms with Crippen LogP contribution in [-0.2, 0) is 6.61 Å². The molecule has 0 amide bonds. The van der Waals surface area contributed by atoms with Crippen molar-refractivity contribution >= 4 is 33.2 Å². The van der Waals surface area contributed by atoms with Crippen LogP contribution < -0.4 is 19.5 Å². The summed E-state index contributed by atoms with van der Waals surface area (Å²) in [6, 6.07) is 16.2. The van der Waals surface area contributed by atoms with E-state index in [1.54, 1.807) is 14.2 Å². The number of halogens is 2. The minimum absolute atomic E-state index is 0.110. The van der Waals surface area contributed by atoms with Crippen molar-refractivity contribution in [3.8, 4) is 17.2 Å². The molecule has 0 spiro atoms. The highest BCUT2D eigenvalue weighted by atomic mass is 79.9. The number of hydrogen-bond acceptors (Lipinski definition) is 4. The van der Waals surface area contributed by atoms with E-state index in [0.29, 0.717) is 35.0 Å². The minimum atomic E-state index is 0.110. The first kappa shape index (κ1) is 23.1. The third-order valence-corrected chi connectivity index (χ3v) is 7.67. The molecule has 0 fully saturated rings. The first-order valence-electron chi connectivity index (χ1n) is 11.4. The van der Waals surface area contributed by atoms with E-state index in [1.807, 2.05) is 30.3 Å². The second-order valence-corrected chi connectivity index (χ2v) is 10.1. The van der Waals surface area contributed by atoms with Crippen molar-refractivity contribution in [3.63, 3.8) is 0 Å². The zero-order valence-corrected chi connectivity index (χ0v) is 21.7. The monoisotopic (exact) mass is 539 g/mol. The van der Waals surface area contributed by atoms with Gasteiger partial charge in [0.05, 0.1) is 30.4 Å². The van der Waals surface area contributed by atoms with Gasteiger partial charge in [-0.1, -0.05) is 42.0 Å². The first-order chi connectivity index (χ1) is 16.5. The van der Waals surface area contributed by atoms with E-state index >= 15 is 0 Å². The van der Waals surface area contributed by atoms with Gasteiger partial charge >= 0.3 is 0 Å². The van der Waals surface area contributed by atoms with Gasteiger partial charge in [0, 0.05) is 10.9 Å². The van der Waals surface area contributed by atoms with Crippen LogP contribution >= 0.6 is 27.5 Å². The molecular formula is C28H27BrClNO3. The number of anilines is 1. The van der Waals surface area contributed by atoms with E-state index < -0.39 is 0 Å². The van der Waals surface area contributed by atoms with Crippen molar-refractivity contribution in [2.75, 3.05) is 19.5 Å². The SMILES string of the molecule is COc1ccc(C)c2c1N[C@@H](c1cc(Br)c(OCc3ccc(Cl)cc3)c(OC)c1)[C@H]1CC=C[C@@H]21. The number of rotatable bonds is 6.